The summed E-state index contributed by atoms with van der Waals surface area (Å²) in [6.07, 6.45) is 2.43. The van der Waals surface area contributed by atoms with Crippen molar-refractivity contribution in [2.24, 2.45) is 5.92 Å². The summed E-state index contributed by atoms with van der Waals surface area (Å²) < 4.78 is 5.36. The molecule has 0 radical (unpaired) electrons. The molecule has 0 aromatic heterocycles. The molecule has 4 nitrogen and oxygen atoms in total. The van der Waals surface area contributed by atoms with E-state index in [9.17, 15) is 9.90 Å². The number of hydrogen-bond acceptors (Lipinski definition) is 3. The number of allylic oxidation sites excluding steroid dienone is 1. The van der Waals surface area contributed by atoms with Gasteiger partial charge in [0.1, 0.15) is 5.76 Å². The Morgan fingerprint density at radius 2 is 2.24 bits per heavy atom. The van der Waals surface area contributed by atoms with Gasteiger partial charge >= 0.3 is 0 Å². The minimum atomic E-state index is -0.162. The first kappa shape index (κ1) is 14.0. The summed E-state index contributed by atoms with van der Waals surface area (Å²) in [7, 11) is 0. The van der Waals surface area contributed by atoms with Crippen molar-refractivity contribution >= 4 is 5.91 Å². The zero-order chi connectivity index (χ0) is 12.8. The van der Waals surface area contributed by atoms with E-state index in [4.69, 9.17) is 4.74 Å². The summed E-state index contributed by atoms with van der Waals surface area (Å²) in [5.74, 6) is 1.07. The van der Waals surface area contributed by atoms with Crippen LogP contribution in [0.5, 0.6) is 0 Å². The van der Waals surface area contributed by atoms with Crippen LogP contribution in [0.2, 0.25) is 0 Å². The van der Waals surface area contributed by atoms with Crippen molar-refractivity contribution in [2.45, 2.75) is 46.1 Å². The van der Waals surface area contributed by atoms with Crippen LogP contribution in [0.25, 0.3) is 0 Å². The molecule has 1 aliphatic heterocycles. The van der Waals surface area contributed by atoms with E-state index in [1.54, 1.807) is 0 Å². The maximum Gasteiger partial charge on any atom is 0.250 e. The van der Waals surface area contributed by atoms with Gasteiger partial charge in [0.05, 0.1) is 24.8 Å². The van der Waals surface area contributed by atoms with Crippen LogP contribution in [0.15, 0.2) is 11.3 Å². The maximum atomic E-state index is 12.0. The molecule has 1 amide bonds. The quantitative estimate of drug-likeness (QED) is 0.768. The molecule has 1 atom stereocenters. The Hall–Kier alpha value is -1.03. The van der Waals surface area contributed by atoms with Crippen LogP contribution in [0.4, 0.5) is 0 Å². The molecule has 0 aliphatic carbocycles. The summed E-state index contributed by atoms with van der Waals surface area (Å²) in [6, 6.07) is -0.162. The molecule has 1 aliphatic rings. The van der Waals surface area contributed by atoms with Crippen LogP contribution in [0, 0.1) is 5.92 Å². The van der Waals surface area contributed by atoms with Crippen LogP contribution in [0.1, 0.15) is 40.0 Å². The molecule has 17 heavy (non-hydrogen) atoms. The molecular weight excluding hydrogens is 218 g/mol. The maximum absolute atomic E-state index is 12.0. The van der Waals surface area contributed by atoms with Crippen LogP contribution >= 0.6 is 0 Å². The second kappa shape index (κ2) is 6.64. The van der Waals surface area contributed by atoms with E-state index in [-0.39, 0.29) is 18.6 Å². The van der Waals surface area contributed by atoms with Crippen molar-refractivity contribution in [1.82, 2.24) is 5.32 Å². The Kier molecular flexibility index (Phi) is 5.48. The Balaban J connectivity index is 2.57. The summed E-state index contributed by atoms with van der Waals surface area (Å²) in [5, 5.41) is 12.1. The molecule has 2 N–H and O–H groups in total. The summed E-state index contributed by atoms with van der Waals surface area (Å²) in [5.41, 5.74) is 0.721. The highest BCUT2D eigenvalue weighted by Gasteiger charge is 2.20. The first-order chi connectivity index (χ1) is 8.04. The molecule has 0 fully saturated rings. The third-order valence-corrected chi connectivity index (χ3v) is 2.90. The molecule has 4 heteroatoms. The zero-order valence-corrected chi connectivity index (χ0v) is 11.0. The molecule has 1 unspecified atom stereocenters. The fraction of sp³-hybridized carbons (Fsp3) is 0.769. The molecule has 0 saturated carbocycles. The van der Waals surface area contributed by atoms with Gasteiger partial charge < -0.3 is 15.2 Å². The van der Waals surface area contributed by atoms with Gasteiger partial charge in [-0.1, -0.05) is 13.8 Å². The monoisotopic (exact) mass is 241 g/mol. The highest BCUT2D eigenvalue weighted by Crippen LogP contribution is 2.19. The Bertz CT molecular complexity index is 297. The standard InChI is InChI=1S/C13H23NO3/c1-9(2)7-11(8-15)14-13(16)12-5-4-6-17-10(12)3/h9,11,15H,4-8H2,1-3H3,(H,14,16). The van der Waals surface area contributed by atoms with E-state index in [0.29, 0.717) is 12.5 Å². The number of aliphatic hydroxyl groups is 1. The summed E-state index contributed by atoms with van der Waals surface area (Å²) in [6.45, 7) is 6.64. The first-order valence-corrected chi connectivity index (χ1v) is 6.28. The van der Waals surface area contributed by atoms with E-state index in [0.717, 1.165) is 30.6 Å². The highest BCUT2D eigenvalue weighted by atomic mass is 16.5. The van der Waals surface area contributed by atoms with Crippen molar-refractivity contribution in [3.05, 3.63) is 11.3 Å². The number of rotatable bonds is 5. The van der Waals surface area contributed by atoms with Crippen LogP contribution < -0.4 is 5.32 Å². The fourth-order valence-electron chi connectivity index (χ4n) is 2.03. The van der Waals surface area contributed by atoms with Gasteiger partial charge in [-0.3, -0.25) is 4.79 Å². The number of nitrogens with one attached hydrogen (secondary N) is 1. The molecule has 1 heterocycles. The van der Waals surface area contributed by atoms with Gasteiger partial charge in [-0.15, -0.1) is 0 Å². The van der Waals surface area contributed by atoms with Crippen molar-refractivity contribution in [1.29, 1.82) is 0 Å². The van der Waals surface area contributed by atoms with Crippen LogP contribution in [-0.2, 0) is 9.53 Å². The van der Waals surface area contributed by atoms with E-state index in [2.05, 4.69) is 19.2 Å². The van der Waals surface area contributed by atoms with E-state index < -0.39 is 0 Å². The second-order valence-electron chi connectivity index (χ2n) is 4.97. The molecule has 0 bridgehead atoms. The summed E-state index contributed by atoms with van der Waals surface area (Å²) in [4.78, 5) is 12.0. The van der Waals surface area contributed by atoms with Gasteiger partial charge in [0.25, 0.3) is 5.91 Å². The average molecular weight is 241 g/mol. The molecular formula is C13H23NO3. The van der Waals surface area contributed by atoms with Crippen molar-refractivity contribution < 1.29 is 14.6 Å². The van der Waals surface area contributed by atoms with Crippen LogP contribution in [0.3, 0.4) is 0 Å². The molecule has 98 valence electrons. The van der Waals surface area contributed by atoms with Crippen molar-refractivity contribution in [3.63, 3.8) is 0 Å². The Morgan fingerprint density at radius 1 is 1.53 bits per heavy atom. The Labute approximate surface area is 103 Å². The highest BCUT2D eigenvalue weighted by molar-refractivity contribution is 5.94. The van der Waals surface area contributed by atoms with Crippen molar-refractivity contribution in [3.8, 4) is 0 Å². The van der Waals surface area contributed by atoms with Gasteiger partial charge in [0.2, 0.25) is 0 Å². The zero-order valence-electron chi connectivity index (χ0n) is 11.0. The number of amides is 1. The molecule has 0 aromatic rings. The SMILES string of the molecule is CC1=C(C(=O)NC(CO)CC(C)C)CCCO1. The van der Waals surface area contributed by atoms with Crippen molar-refractivity contribution in [2.75, 3.05) is 13.2 Å². The van der Waals surface area contributed by atoms with Gasteiger partial charge in [0, 0.05) is 0 Å². The third kappa shape index (κ3) is 4.38. The predicted molar refractivity (Wildman–Crippen MR) is 66.4 cm³/mol. The molecule has 0 spiro atoms. The lowest BCUT2D eigenvalue weighted by Gasteiger charge is -2.22. The largest absolute Gasteiger partial charge is 0.498 e. The third-order valence-electron chi connectivity index (χ3n) is 2.90. The number of carbonyl (C=O) groups is 1. The average Bonchev–Trinajstić information content (AvgIpc) is 2.27. The first-order valence-electron chi connectivity index (χ1n) is 6.28. The fourth-order valence-corrected chi connectivity index (χ4v) is 2.03. The lowest BCUT2D eigenvalue weighted by Crippen LogP contribution is -2.40. The normalized spacial score (nSPS) is 17.9. The lowest BCUT2D eigenvalue weighted by molar-refractivity contribution is -0.119. The lowest BCUT2D eigenvalue weighted by atomic mass is 10.0. The number of aliphatic hydroxyl groups excluding tert-OH is 1. The Morgan fingerprint density at radius 3 is 2.76 bits per heavy atom. The predicted octanol–water partition coefficient (Wildman–Crippen LogP) is 1.59. The molecule has 1 rings (SSSR count). The number of hydrogen-bond donors (Lipinski definition) is 2. The smallest absolute Gasteiger partial charge is 0.250 e. The van der Waals surface area contributed by atoms with Crippen LogP contribution in [-0.4, -0.2) is 30.3 Å². The number of ether oxygens (including phenoxy) is 1. The van der Waals surface area contributed by atoms with E-state index >= 15 is 0 Å². The minimum Gasteiger partial charge on any atom is -0.498 e. The molecule has 0 saturated heterocycles. The molecule has 0 aromatic carbocycles. The minimum absolute atomic E-state index is 0.0168. The van der Waals surface area contributed by atoms with E-state index in [1.807, 2.05) is 6.92 Å². The van der Waals surface area contributed by atoms with Gasteiger partial charge in [-0.25, -0.2) is 0 Å². The van der Waals surface area contributed by atoms with Gasteiger partial charge in [-0.05, 0) is 32.1 Å². The van der Waals surface area contributed by atoms with Gasteiger partial charge in [0.15, 0.2) is 0 Å². The number of carbonyl (C=O) groups excluding carboxylic acids is 1. The second-order valence-corrected chi connectivity index (χ2v) is 4.97. The summed E-state index contributed by atoms with van der Waals surface area (Å²) >= 11 is 0. The van der Waals surface area contributed by atoms with E-state index in [1.165, 1.54) is 0 Å². The van der Waals surface area contributed by atoms with Gasteiger partial charge in [-0.2, -0.15) is 0 Å². The topological polar surface area (TPSA) is 58.6 Å².